The highest BCUT2D eigenvalue weighted by molar-refractivity contribution is 5.34. The zero-order valence-corrected chi connectivity index (χ0v) is 22.0. The van der Waals surface area contributed by atoms with Crippen molar-refractivity contribution in [3.8, 4) is 0 Å². The van der Waals surface area contributed by atoms with Crippen LogP contribution in [0.2, 0.25) is 0 Å². The second kappa shape index (κ2) is 7.33. The molecule has 2 N–H and O–H groups in total. The lowest BCUT2D eigenvalue weighted by molar-refractivity contribution is -0.273. The Labute approximate surface area is 192 Å². The summed E-state index contributed by atoms with van der Waals surface area (Å²) >= 11 is 0. The normalized spacial score (nSPS) is 58.3. The Morgan fingerprint density at radius 2 is 1.58 bits per heavy atom. The minimum absolute atomic E-state index is 0.0284. The van der Waals surface area contributed by atoms with E-state index in [1.165, 1.54) is 24.8 Å². The van der Waals surface area contributed by atoms with E-state index < -0.39 is 12.2 Å². The molecule has 0 heterocycles. The van der Waals surface area contributed by atoms with Gasteiger partial charge in [0.1, 0.15) is 0 Å². The Morgan fingerprint density at radius 1 is 0.968 bits per heavy atom. The molecule has 3 fully saturated rings. The first-order valence-electron chi connectivity index (χ1n) is 13.3. The van der Waals surface area contributed by atoms with Crippen molar-refractivity contribution in [3.63, 3.8) is 0 Å². The van der Waals surface area contributed by atoms with Crippen LogP contribution in [0.3, 0.4) is 0 Å². The zero-order chi connectivity index (χ0) is 23.3. The van der Waals surface area contributed by atoms with Crippen molar-refractivity contribution in [3.05, 3.63) is 11.1 Å². The Kier molecular flexibility index (Phi) is 5.63. The molecule has 4 rings (SSSR count). The Balaban J connectivity index is 1.90. The molecule has 0 aromatic heterocycles. The van der Waals surface area contributed by atoms with Crippen LogP contribution in [-0.4, -0.2) is 22.4 Å². The summed E-state index contributed by atoms with van der Waals surface area (Å²) in [5.41, 5.74) is 2.22. The van der Waals surface area contributed by atoms with Crippen LogP contribution in [0.1, 0.15) is 94.9 Å². The van der Waals surface area contributed by atoms with Crippen molar-refractivity contribution >= 4 is 0 Å². The Bertz CT molecular complexity index is 754. The van der Waals surface area contributed by atoms with E-state index in [0.717, 1.165) is 35.7 Å². The molecule has 0 bridgehead atoms. The monoisotopic (exact) mass is 430 g/mol. The predicted molar refractivity (Wildman–Crippen MR) is 129 cm³/mol. The van der Waals surface area contributed by atoms with Gasteiger partial charge in [0.2, 0.25) is 0 Å². The molecule has 13 unspecified atom stereocenters. The smallest absolute Gasteiger partial charge is 0.0838 e. The lowest BCUT2D eigenvalue weighted by Crippen LogP contribution is -2.71. The predicted octanol–water partition coefficient (Wildman–Crippen LogP) is 6.71. The molecule has 4 aliphatic carbocycles. The molecule has 0 aliphatic heterocycles. The van der Waals surface area contributed by atoms with Crippen LogP contribution in [0, 0.1) is 63.6 Å². The SMILES string of the molecule is CC1=C(C(C)O)C(O)C2(C)C(C)C3C(C)C4C(C)CCCC4C(C)C3(C)C(C)C2(C)C1. The van der Waals surface area contributed by atoms with E-state index >= 15 is 0 Å². The summed E-state index contributed by atoms with van der Waals surface area (Å²) in [5, 5.41) is 22.5. The van der Waals surface area contributed by atoms with Crippen molar-refractivity contribution in [2.24, 2.45) is 63.6 Å². The van der Waals surface area contributed by atoms with Gasteiger partial charge in [-0.1, -0.05) is 73.8 Å². The van der Waals surface area contributed by atoms with Crippen LogP contribution < -0.4 is 0 Å². The lowest BCUT2D eigenvalue weighted by Gasteiger charge is -2.75. The molecule has 0 amide bonds. The lowest BCUT2D eigenvalue weighted by atomic mass is 9.30. The second-order valence-corrected chi connectivity index (χ2v) is 13.4. The van der Waals surface area contributed by atoms with Gasteiger partial charge in [-0.2, -0.15) is 0 Å². The molecule has 0 spiro atoms. The second-order valence-electron chi connectivity index (χ2n) is 13.4. The van der Waals surface area contributed by atoms with Crippen LogP contribution in [-0.2, 0) is 0 Å². The van der Waals surface area contributed by atoms with Crippen LogP contribution in [0.15, 0.2) is 11.1 Å². The van der Waals surface area contributed by atoms with Crippen LogP contribution in [0.4, 0.5) is 0 Å². The average molecular weight is 431 g/mol. The van der Waals surface area contributed by atoms with Gasteiger partial charge >= 0.3 is 0 Å². The van der Waals surface area contributed by atoms with Gasteiger partial charge in [-0.3, -0.25) is 0 Å². The van der Waals surface area contributed by atoms with E-state index in [4.69, 9.17) is 0 Å². The van der Waals surface area contributed by atoms with Crippen LogP contribution >= 0.6 is 0 Å². The molecule has 2 heteroatoms. The highest BCUT2D eigenvalue weighted by atomic mass is 16.3. The maximum atomic E-state index is 11.9. The number of aliphatic hydroxyl groups excluding tert-OH is 2. The van der Waals surface area contributed by atoms with Gasteiger partial charge in [0.25, 0.3) is 0 Å². The van der Waals surface area contributed by atoms with Crippen molar-refractivity contribution < 1.29 is 10.2 Å². The van der Waals surface area contributed by atoms with Gasteiger partial charge in [0.15, 0.2) is 0 Å². The molecule has 0 aromatic carbocycles. The fourth-order valence-electron chi connectivity index (χ4n) is 11.0. The zero-order valence-electron chi connectivity index (χ0n) is 22.0. The first-order valence-corrected chi connectivity index (χ1v) is 13.3. The summed E-state index contributed by atoms with van der Waals surface area (Å²) in [6, 6.07) is 0. The summed E-state index contributed by atoms with van der Waals surface area (Å²) in [4.78, 5) is 0. The van der Waals surface area contributed by atoms with Crippen molar-refractivity contribution in [1.82, 2.24) is 0 Å². The molecule has 2 nitrogen and oxygen atoms in total. The van der Waals surface area contributed by atoms with Crippen LogP contribution in [0.5, 0.6) is 0 Å². The molecule has 4 aliphatic rings. The maximum Gasteiger partial charge on any atom is 0.0838 e. The van der Waals surface area contributed by atoms with E-state index in [0.29, 0.717) is 23.7 Å². The van der Waals surface area contributed by atoms with Gasteiger partial charge < -0.3 is 10.2 Å². The molecule has 178 valence electrons. The number of aliphatic hydroxyl groups is 2. The van der Waals surface area contributed by atoms with Gasteiger partial charge in [0.05, 0.1) is 12.2 Å². The van der Waals surface area contributed by atoms with Gasteiger partial charge in [-0.15, -0.1) is 0 Å². The third-order valence-corrected chi connectivity index (χ3v) is 12.9. The summed E-state index contributed by atoms with van der Waals surface area (Å²) in [6.07, 6.45) is 4.07. The van der Waals surface area contributed by atoms with Gasteiger partial charge in [-0.25, -0.2) is 0 Å². The summed E-state index contributed by atoms with van der Waals surface area (Å²) in [6.45, 7) is 24.2. The highest BCUT2D eigenvalue weighted by Crippen LogP contribution is 2.76. The average Bonchev–Trinajstić information content (AvgIpc) is 2.68. The van der Waals surface area contributed by atoms with E-state index in [2.05, 4.69) is 62.3 Å². The third kappa shape index (κ3) is 2.70. The highest BCUT2D eigenvalue weighted by Gasteiger charge is 2.72. The molecular formula is C29H50O2. The molecule has 0 aromatic rings. The molecule has 0 saturated heterocycles. The summed E-state index contributed by atoms with van der Waals surface area (Å²) in [7, 11) is 0. The number of rotatable bonds is 1. The number of fused-ring (bicyclic) bond motifs is 3. The van der Waals surface area contributed by atoms with Crippen molar-refractivity contribution in [2.75, 3.05) is 0 Å². The van der Waals surface area contributed by atoms with E-state index in [9.17, 15) is 10.2 Å². The van der Waals surface area contributed by atoms with Gasteiger partial charge in [0, 0.05) is 5.41 Å². The standard InChI is InChI=1S/C29H50O2/c1-15-12-11-13-22-18(4)28(9)21(7)27(8)14-16(2)24(20(6)30)26(31)29(27,10)19(5)25(28)17(3)23(15)22/h15,17-23,25-26,30-31H,11-14H2,1-10H3. The first kappa shape index (κ1) is 23.8. The molecule has 13 atom stereocenters. The van der Waals surface area contributed by atoms with E-state index in [-0.39, 0.29) is 16.2 Å². The number of allylic oxidation sites excluding steroid dienone is 1. The quantitative estimate of drug-likeness (QED) is 0.454. The summed E-state index contributed by atoms with van der Waals surface area (Å²) < 4.78 is 0. The minimum atomic E-state index is -0.572. The molecule has 3 saturated carbocycles. The largest absolute Gasteiger partial charge is 0.389 e. The Hall–Kier alpha value is -0.340. The van der Waals surface area contributed by atoms with Crippen molar-refractivity contribution in [1.29, 1.82) is 0 Å². The van der Waals surface area contributed by atoms with Gasteiger partial charge in [-0.05, 0) is 90.4 Å². The molecular weight excluding hydrogens is 380 g/mol. The third-order valence-electron chi connectivity index (χ3n) is 12.9. The van der Waals surface area contributed by atoms with E-state index in [1.807, 2.05) is 6.92 Å². The summed E-state index contributed by atoms with van der Waals surface area (Å²) in [5.74, 6) is 5.45. The topological polar surface area (TPSA) is 40.5 Å². The fraction of sp³-hybridized carbons (Fsp3) is 0.931. The molecule has 31 heavy (non-hydrogen) atoms. The molecule has 0 radical (unpaired) electrons. The fourth-order valence-corrected chi connectivity index (χ4v) is 11.0. The first-order chi connectivity index (χ1) is 14.3. The van der Waals surface area contributed by atoms with E-state index in [1.54, 1.807) is 0 Å². The number of hydrogen-bond acceptors (Lipinski definition) is 2. The minimum Gasteiger partial charge on any atom is -0.389 e. The number of hydrogen-bond donors (Lipinski definition) is 2. The maximum absolute atomic E-state index is 11.9. The van der Waals surface area contributed by atoms with Crippen LogP contribution in [0.25, 0.3) is 0 Å². The Morgan fingerprint density at radius 3 is 2.16 bits per heavy atom. The van der Waals surface area contributed by atoms with Crippen molar-refractivity contribution in [2.45, 2.75) is 107 Å².